The summed E-state index contributed by atoms with van der Waals surface area (Å²) >= 11 is 0. The number of nitrogens with one attached hydrogen (secondary N) is 1. The molecule has 1 amide bonds. The first-order chi connectivity index (χ1) is 11.8. The molecule has 3 atom stereocenters. The van der Waals surface area contributed by atoms with Gasteiger partial charge in [0.25, 0.3) is 5.91 Å². The predicted molar refractivity (Wildman–Crippen MR) is 96.1 cm³/mol. The number of hydrogen-bond acceptors (Lipinski definition) is 2. The SMILES string of the molecule is O=C(N[C@@H]1C[C@@H]2CCN(C2)C1)c1ccc(Cc2ccccc2)cc1. The van der Waals surface area contributed by atoms with Crippen molar-refractivity contribution in [1.82, 2.24) is 10.2 Å². The van der Waals surface area contributed by atoms with Crippen LogP contribution in [0.2, 0.25) is 0 Å². The Kier molecular flexibility index (Phi) is 4.35. The molecule has 1 N–H and O–H groups in total. The fourth-order valence-corrected chi connectivity index (χ4v) is 4.04. The third-order valence-electron chi connectivity index (χ3n) is 5.27. The zero-order valence-electron chi connectivity index (χ0n) is 13.9. The van der Waals surface area contributed by atoms with Crippen LogP contribution in [0.25, 0.3) is 0 Å². The minimum atomic E-state index is 0.0637. The number of amides is 1. The Bertz CT molecular complexity index is 684. The van der Waals surface area contributed by atoms with Crippen LogP contribution < -0.4 is 5.32 Å². The first kappa shape index (κ1) is 15.4. The number of carbonyl (C=O) groups excluding carboxylic acids is 1. The molecule has 2 fully saturated rings. The second-order valence-electron chi connectivity index (χ2n) is 7.18. The van der Waals surface area contributed by atoms with E-state index >= 15 is 0 Å². The second-order valence-corrected chi connectivity index (χ2v) is 7.18. The maximum absolute atomic E-state index is 12.5. The highest BCUT2D eigenvalue weighted by Crippen LogP contribution is 2.26. The molecule has 4 rings (SSSR count). The smallest absolute Gasteiger partial charge is 0.251 e. The van der Waals surface area contributed by atoms with Crippen molar-refractivity contribution in [2.75, 3.05) is 19.6 Å². The molecule has 2 bridgehead atoms. The molecule has 124 valence electrons. The minimum absolute atomic E-state index is 0.0637. The summed E-state index contributed by atoms with van der Waals surface area (Å²) in [4.78, 5) is 15.0. The van der Waals surface area contributed by atoms with Gasteiger partial charge >= 0.3 is 0 Å². The fourth-order valence-electron chi connectivity index (χ4n) is 4.04. The van der Waals surface area contributed by atoms with Gasteiger partial charge in [-0.25, -0.2) is 0 Å². The van der Waals surface area contributed by atoms with Crippen molar-refractivity contribution in [1.29, 1.82) is 0 Å². The third-order valence-corrected chi connectivity index (χ3v) is 5.27. The van der Waals surface area contributed by atoms with Crippen molar-refractivity contribution in [3.63, 3.8) is 0 Å². The summed E-state index contributed by atoms with van der Waals surface area (Å²) in [6.07, 6.45) is 3.33. The van der Waals surface area contributed by atoms with E-state index in [0.717, 1.165) is 30.9 Å². The summed E-state index contributed by atoms with van der Waals surface area (Å²) in [6.45, 7) is 3.43. The van der Waals surface area contributed by atoms with Crippen LogP contribution in [0.15, 0.2) is 54.6 Å². The molecule has 0 saturated carbocycles. The number of nitrogens with zero attached hydrogens (tertiary/aromatic N) is 1. The molecule has 2 aromatic carbocycles. The Labute approximate surface area is 143 Å². The number of fused-ring (bicyclic) bond motifs is 2. The average molecular weight is 320 g/mol. The largest absolute Gasteiger partial charge is 0.348 e. The van der Waals surface area contributed by atoms with Crippen molar-refractivity contribution in [3.8, 4) is 0 Å². The van der Waals surface area contributed by atoms with E-state index < -0.39 is 0 Å². The molecular formula is C21H24N2O. The van der Waals surface area contributed by atoms with Gasteiger partial charge in [0.15, 0.2) is 0 Å². The topological polar surface area (TPSA) is 32.3 Å². The Hall–Kier alpha value is -2.13. The van der Waals surface area contributed by atoms with Crippen LogP contribution in [-0.4, -0.2) is 36.5 Å². The number of carbonyl (C=O) groups is 1. The van der Waals surface area contributed by atoms with Gasteiger partial charge in [-0.2, -0.15) is 0 Å². The highest BCUT2D eigenvalue weighted by molar-refractivity contribution is 5.94. The number of rotatable bonds is 4. The van der Waals surface area contributed by atoms with Crippen molar-refractivity contribution >= 4 is 5.91 Å². The molecule has 0 aromatic heterocycles. The van der Waals surface area contributed by atoms with E-state index in [1.165, 1.54) is 30.6 Å². The first-order valence-corrected chi connectivity index (χ1v) is 8.92. The molecule has 2 heterocycles. The Morgan fingerprint density at radius 1 is 1.00 bits per heavy atom. The third kappa shape index (κ3) is 3.51. The van der Waals surface area contributed by atoms with Crippen molar-refractivity contribution in [2.24, 2.45) is 5.92 Å². The van der Waals surface area contributed by atoms with Crippen molar-refractivity contribution < 1.29 is 4.79 Å². The van der Waals surface area contributed by atoms with E-state index in [0.29, 0.717) is 6.04 Å². The van der Waals surface area contributed by atoms with Crippen LogP contribution in [0.4, 0.5) is 0 Å². The molecule has 3 heteroatoms. The van der Waals surface area contributed by atoms with E-state index in [2.05, 4.69) is 46.6 Å². The molecule has 1 unspecified atom stereocenters. The maximum Gasteiger partial charge on any atom is 0.251 e. The van der Waals surface area contributed by atoms with Gasteiger partial charge in [-0.3, -0.25) is 4.79 Å². The summed E-state index contributed by atoms with van der Waals surface area (Å²) in [7, 11) is 0. The van der Waals surface area contributed by atoms with Gasteiger partial charge in [-0.05, 0) is 55.0 Å². The van der Waals surface area contributed by atoms with Gasteiger partial charge in [-0.15, -0.1) is 0 Å². The zero-order chi connectivity index (χ0) is 16.4. The van der Waals surface area contributed by atoms with Gasteiger partial charge in [0.05, 0.1) is 0 Å². The summed E-state index contributed by atoms with van der Waals surface area (Å²) in [5.74, 6) is 0.839. The van der Waals surface area contributed by atoms with Gasteiger partial charge in [0, 0.05) is 24.7 Å². The Morgan fingerprint density at radius 3 is 2.50 bits per heavy atom. The normalized spacial score (nSPS) is 25.4. The van der Waals surface area contributed by atoms with Crippen LogP contribution in [-0.2, 0) is 6.42 Å². The van der Waals surface area contributed by atoms with Crippen LogP contribution >= 0.6 is 0 Å². The molecule has 2 aliphatic rings. The van der Waals surface area contributed by atoms with Crippen molar-refractivity contribution in [2.45, 2.75) is 25.3 Å². The molecule has 0 radical (unpaired) electrons. The first-order valence-electron chi connectivity index (χ1n) is 8.92. The van der Waals surface area contributed by atoms with Gasteiger partial charge < -0.3 is 10.2 Å². The standard InChI is InChI=1S/C21H24N2O/c24-21(22-20-13-18-10-11-23(14-18)15-20)19-8-6-17(7-9-19)12-16-4-2-1-3-5-16/h1-9,18,20H,10-15H2,(H,22,24)/t18-,20+/m0/s1. The summed E-state index contributed by atoms with van der Waals surface area (Å²) < 4.78 is 0. The summed E-state index contributed by atoms with van der Waals surface area (Å²) in [6, 6.07) is 18.8. The van der Waals surface area contributed by atoms with Crippen LogP contribution in [0, 0.1) is 5.92 Å². The molecule has 2 aromatic rings. The van der Waals surface area contributed by atoms with E-state index in [-0.39, 0.29) is 5.91 Å². The number of hydrogen-bond donors (Lipinski definition) is 1. The van der Waals surface area contributed by atoms with Crippen LogP contribution in [0.5, 0.6) is 0 Å². The number of piperidine rings is 1. The molecule has 2 aliphatic heterocycles. The molecule has 0 spiro atoms. The van der Waals surface area contributed by atoms with Gasteiger partial charge in [0.1, 0.15) is 0 Å². The second kappa shape index (κ2) is 6.78. The lowest BCUT2D eigenvalue weighted by atomic mass is 9.96. The van der Waals surface area contributed by atoms with E-state index in [1.54, 1.807) is 0 Å². The summed E-state index contributed by atoms with van der Waals surface area (Å²) in [5, 5.41) is 3.22. The lowest BCUT2D eigenvalue weighted by Crippen LogP contribution is -2.47. The monoisotopic (exact) mass is 320 g/mol. The van der Waals surface area contributed by atoms with Crippen molar-refractivity contribution in [3.05, 3.63) is 71.3 Å². The van der Waals surface area contributed by atoms with E-state index in [1.807, 2.05) is 18.2 Å². The predicted octanol–water partition coefficient (Wildman–Crippen LogP) is 3.10. The zero-order valence-corrected chi connectivity index (χ0v) is 13.9. The van der Waals surface area contributed by atoms with Crippen LogP contribution in [0.3, 0.4) is 0 Å². The Morgan fingerprint density at radius 2 is 1.75 bits per heavy atom. The molecule has 3 nitrogen and oxygen atoms in total. The lowest BCUT2D eigenvalue weighted by molar-refractivity contribution is 0.0909. The van der Waals surface area contributed by atoms with Crippen LogP contribution in [0.1, 0.15) is 34.3 Å². The fraction of sp³-hybridized carbons (Fsp3) is 0.381. The average Bonchev–Trinajstić information content (AvgIpc) is 2.95. The van der Waals surface area contributed by atoms with E-state index in [4.69, 9.17) is 0 Å². The summed E-state index contributed by atoms with van der Waals surface area (Å²) in [5.41, 5.74) is 3.29. The molecule has 0 aliphatic carbocycles. The highest BCUT2D eigenvalue weighted by atomic mass is 16.1. The van der Waals surface area contributed by atoms with Gasteiger partial charge in [0.2, 0.25) is 0 Å². The Balaban J connectivity index is 1.36. The molecule has 24 heavy (non-hydrogen) atoms. The minimum Gasteiger partial charge on any atom is -0.348 e. The van der Waals surface area contributed by atoms with Gasteiger partial charge in [-0.1, -0.05) is 42.5 Å². The maximum atomic E-state index is 12.5. The number of benzene rings is 2. The van der Waals surface area contributed by atoms with E-state index in [9.17, 15) is 4.79 Å². The molecule has 2 saturated heterocycles. The quantitative estimate of drug-likeness (QED) is 0.939. The highest BCUT2D eigenvalue weighted by Gasteiger charge is 2.32. The lowest BCUT2D eigenvalue weighted by Gasteiger charge is -2.30. The molecular weight excluding hydrogens is 296 g/mol.